The van der Waals surface area contributed by atoms with Gasteiger partial charge in [0.2, 0.25) is 5.89 Å². The summed E-state index contributed by atoms with van der Waals surface area (Å²) in [6.45, 7) is 0. The van der Waals surface area contributed by atoms with Crippen LogP contribution in [0.1, 0.15) is 53.9 Å². The third-order valence-corrected chi connectivity index (χ3v) is 6.54. The van der Waals surface area contributed by atoms with Crippen LogP contribution in [-0.4, -0.2) is 34.2 Å². The largest absolute Gasteiger partial charge is 0.339 e. The van der Waals surface area contributed by atoms with Gasteiger partial charge in [0.05, 0.1) is 5.92 Å². The van der Waals surface area contributed by atoms with Crippen LogP contribution in [0.4, 0.5) is 4.39 Å². The molecule has 0 unspecified atom stereocenters. The molecule has 0 amide bonds. The van der Waals surface area contributed by atoms with Crippen LogP contribution in [0.2, 0.25) is 0 Å². The zero-order valence-corrected chi connectivity index (χ0v) is 16.0. The molecule has 0 N–H and O–H groups in total. The van der Waals surface area contributed by atoms with Crippen molar-refractivity contribution in [2.24, 2.45) is 0 Å². The molecule has 144 valence electrons. The van der Waals surface area contributed by atoms with Gasteiger partial charge in [-0.05, 0) is 55.5 Å². The predicted octanol–water partition coefficient (Wildman–Crippen LogP) is 4.53. The topological polar surface area (TPSA) is 42.2 Å². The highest BCUT2D eigenvalue weighted by Crippen LogP contribution is 2.50. The Morgan fingerprint density at radius 1 is 1.07 bits per heavy atom. The summed E-state index contributed by atoms with van der Waals surface area (Å²) in [4.78, 5) is 7.27. The van der Waals surface area contributed by atoms with Crippen LogP contribution >= 0.6 is 0 Å². The molecular weight excluding hydrogens is 353 g/mol. The average Bonchev–Trinajstić information content (AvgIpc) is 3.25. The van der Waals surface area contributed by atoms with Crippen molar-refractivity contribution in [1.29, 1.82) is 0 Å². The van der Waals surface area contributed by atoms with E-state index in [1.165, 1.54) is 17.5 Å². The molecule has 2 aliphatic rings. The van der Waals surface area contributed by atoms with E-state index in [1.54, 1.807) is 12.1 Å². The lowest BCUT2D eigenvalue weighted by molar-refractivity contribution is 0.120. The molecule has 2 aliphatic heterocycles. The van der Waals surface area contributed by atoms with Crippen LogP contribution < -0.4 is 0 Å². The normalized spacial score (nSPS) is 27.2. The summed E-state index contributed by atoms with van der Waals surface area (Å²) in [5.41, 5.74) is 2.34. The first kappa shape index (κ1) is 17.6. The van der Waals surface area contributed by atoms with Gasteiger partial charge in [0, 0.05) is 18.5 Å². The van der Waals surface area contributed by atoms with Gasteiger partial charge in [0.1, 0.15) is 5.82 Å². The van der Waals surface area contributed by atoms with Crippen molar-refractivity contribution in [3.05, 3.63) is 83.3 Å². The number of halogens is 1. The molecule has 28 heavy (non-hydrogen) atoms. The molecule has 5 heteroatoms. The summed E-state index contributed by atoms with van der Waals surface area (Å²) in [5.74, 6) is 1.67. The number of benzene rings is 2. The van der Waals surface area contributed by atoms with Gasteiger partial charge in [0.25, 0.3) is 0 Å². The van der Waals surface area contributed by atoms with Crippen molar-refractivity contribution in [3.8, 4) is 0 Å². The van der Waals surface area contributed by atoms with E-state index in [0.717, 1.165) is 24.6 Å². The van der Waals surface area contributed by atoms with E-state index in [1.807, 2.05) is 30.3 Å². The Morgan fingerprint density at radius 2 is 1.86 bits per heavy atom. The number of piperidine rings is 1. The van der Waals surface area contributed by atoms with Gasteiger partial charge in [-0.15, -0.1) is 0 Å². The molecule has 4 atom stereocenters. The molecular formula is C23H24FN3O. The minimum Gasteiger partial charge on any atom is -0.339 e. The number of rotatable bonds is 4. The van der Waals surface area contributed by atoms with Gasteiger partial charge in [-0.2, -0.15) is 4.98 Å². The third-order valence-electron chi connectivity index (χ3n) is 6.54. The van der Waals surface area contributed by atoms with E-state index >= 15 is 0 Å². The average molecular weight is 377 g/mol. The molecule has 4 nitrogen and oxygen atoms in total. The van der Waals surface area contributed by atoms with E-state index in [9.17, 15) is 4.39 Å². The first-order valence-corrected chi connectivity index (χ1v) is 10.0. The van der Waals surface area contributed by atoms with Crippen molar-refractivity contribution in [3.63, 3.8) is 0 Å². The van der Waals surface area contributed by atoms with Crippen molar-refractivity contribution in [2.75, 3.05) is 7.05 Å². The minimum atomic E-state index is -0.195. The second-order valence-electron chi connectivity index (χ2n) is 8.09. The minimum absolute atomic E-state index is 0.145. The van der Waals surface area contributed by atoms with Gasteiger partial charge < -0.3 is 4.52 Å². The van der Waals surface area contributed by atoms with Crippen molar-refractivity contribution < 1.29 is 8.91 Å². The van der Waals surface area contributed by atoms with Crippen molar-refractivity contribution in [2.45, 2.75) is 49.6 Å². The van der Waals surface area contributed by atoms with Gasteiger partial charge >= 0.3 is 0 Å². The summed E-state index contributed by atoms with van der Waals surface area (Å²) in [5, 5.41) is 4.27. The number of hydrogen-bond acceptors (Lipinski definition) is 4. The Balaban J connectivity index is 1.47. The second kappa shape index (κ2) is 7.13. The number of nitrogens with zero attached hydrogens (tertiary/aromatic N) is 3. The third kappa shape index (κ3) is 3.14. The lowest BCUT2D eigenvalue weighted by Gasteiger charge is -2.41. The van der Waals surface area contributed by atoms with Crippen LogP contribution in [0.3, 0.4) is 0 Å². The van der Waals surface area contributed by atoms with Crippen molar-refractivity contribution >= 4 is 0 Å². The number of aromatic nitrogens is 2. The molecule has 3 heterocycles. The number of likely N-dealkylation sites (N-methyl/N-ethyl adjacent to an activating group) is 1. The fourth-order valence-electron chi connectivity index (χ4n) is 5.11. The van der Waals surface area contributed by atoms with E-state index in [2.05, 4.69) is 29.2 Å². The maximum Gasteiger partial charge on any atom is 0.231 e. The van der Waals surface area contributed by atoms with E-state index < -0.39 is 0 Å². The maximum absolute atomic E-state index is 13.5. The molecule has 0 radical (unpaired) electrons. The molecule has 3 aromatic rings. The molecule has 1 aromatic heterocycles. The number of hydrogen-bond donors (Lipinski definition) is 0. The fourth-order valence-corrected chi connectivity index (χ4v) is 5.11. The molecule has 2 bridgehead atoms. The first-order valence-electron chi connectivity index (χ1n) is 10.0. The quantitative estimate of drug-likeness (QED) is 0.670. The second-order valence-corrected chi connectivity index (χ2v) is 8.09. The smallest absolute Gasteiger partial charge is 0.231 e. The zero-order valence-electron chi connectivity index (χ0n) is 16.0. The molecule has 0 spiro atoms. The predicted molar refractivity (Wildman–Crippen MR) is 105 cm³/mol. The van der Waals surface area contributed by atoms with Crippen LogP contribution in [0.5, 0.6) is 0 Å². The van der Waals surface area contributed by atoms with Crippen LogP contribution in [0.15, 0.2) is 59.1 Å². The summed E-state index contributed by atoms with van der Waals surface area (Å²) in [7, 11) is 2.21. The van der Waals surface area contributed by atoms with E-state index in [-0.39, 0.29) is 17.7 Å². The molecule has 5 rings (SSSR count). The Hall–Kier alpha value is -2.53. The summed E-state index contributed by atoms with van der Waals surface area (Å²) in [6.07, 6.45) is 4.04. The Kier molecular flexibility index (Phi) is 4.47. The lowest BCUT2D eigenvalue weighted by Crippen LogP contribution is -2.44. The highest BCUT2D eigenvalue weighted by atomic mass is 19.1. The fraction of sp³-hybridized carbons (Fsp3) is 0.391. The van der Waals surface area contributed by atoms with Gasteiger partial charge in [0.15, 0.2) is 5.82 Å². The molecule has 0 aliphatic carbocycles. The molecule has 0 saturated carbocycles. The summed E-state index contributed by atoms with van der Waals surface area (Å²) >= 11 is 0. The summed E-state index contributed by atoms with van der Waals surface area (Å²) in [6, 6.07) is 18.1. The van der Waals surface area contributed by atoms with Gasteiger partial charge in [-0.25, -0.2) is 4.39 Å². The highest BCUT2D eigenvalue weighted by molar-refractivity contribution is 5.28. The highest BCUT2D eigenvalue weighted by Gasteiger charge is 2.48. The van der Waals surface area contributed by atoms with Gasteiger partial charge in [-0.1, -0.05) is 47.6 Å². The first-order chi connectivity index (χ1) is 13.7. The standard InChI is InChI=1S/C23H24FN3O/c1-27-18-11-12-20(27)22(19(14-18)16-7-9-17(24)10-8-16)23-25-21(26-28-23)13-15-5-3-2-4-6-15/h2-10,18-20,22H,11-14H2,1H3/t18-,19+,20+,22+/m1/s1. The van der Waals surface area contributed by atoms with E-state index in [4.69, 9.17) is 9.51 Å². The Morgan fingerprint density at radius 3 is 2.64 bits per heavy atom. The Labute approximate surface area is 164 Å². The zero-order chi connectivity index (χ0) is 19.1. The lowest BCUT2D eigenvalue weighted by atomic mass is 9.76. The van der Waals surface area contributed by atoms with E-state index in [0.29, 0.717) is 18.5 Å². The Bertz CT molecular complexity index is 940. The van der Waals surface area contributed by atoms with Gasteiger partial charge in [-0.3, -0.25) is 4.90 Å². The molecule has 2 fully saturated rings. The molecule has 2 saturated heterocycles. The molecule has 2 aromatic carbocycles. The SMILES string of the molecule is CN1[C@@H]2CC[C@H]1[C@@H](c1nc(Cc3ccccc3)no1)[C@H](c1ccc(F)cc1)C2. The van der Waals surface area contributed by atoms with Crippen LogP contribution in [-0.2, 0) is 6.42 Å². The summed E-state index contributed by atoms with van der Waals surface area (Å²) < 4.78 is 19.3. The maximum atomic E-state index is 13.5. The van der Waals surface area contributed by atoms with Crippen LogP contribution in [0.25, 0.3) is 0 Å². The monoisotopic (exact) mass is 377 g/mol. The van der Waals surface area contributed by atoms with Crippen LogP contribution in [0, 0.1) is 5.82 Å². The van der Waals surface area contributed by atoms with Crippen molar-refractivity contribution in [1.82, 2.24) is 15.0 Å². The number of fused-ring (bicyclic) bond motifs is 2.